The molecule has 1 saturated heterocycles. The minimum atomic E-state index is -4.72. The molecule has 1 fully saturated rings. The minimum absolute atomic E-state index is 0.00996. The molecular weight excluding hydrogens is 850 g/mol. The maximum atomic E-state index is 14.7. The summed E-state index contributed by atoms with van der Waals surface area (Å²) in [6.45, 7) is 7.15. The molecule has 0 saturated carbocycles. The van der Waals surface area contributed by atoms with Crippen molar-refractivity contribution in [2.24, 2.45) is 0 Å². The van der Waals surface area contributed by atoms with Gasteiger partial charge in [0.1, 0.15) is 30.0 Å². The summed E-state index contributed by atoms with van der Waals surface area (Å²) in [6.07, 6.45) is 2.65. The third-order valence-electron chi connectivity index (χ3n) is 11.0. The summed E-state index contributed by atoms with van der Waals surface area (Å²) in [4.78, 5) is 68.9. The van der Waals surface area contributed by atoms with E-state index in [0.29, 0.717) is 12.8 Å². The van der Waals surface area contributed by atoms with Crippen LogP contribution in [0.25, 0.3) is 6.08 Å². The van der Waals surface area contributed by atoms with Crippen LogP contribution in [0.15, 0.2) is 72.3 Å². The summed E-state index contributed by atoms with van der Waals surface area (Å²) in [5, 5.41) is 13.0. The number of carbonyl (C=O) groups is 5. The fraction of sp³-hybridized carbons (Fsp3) is 0.571. The van der Waals surface area contributed by atoms with E-state index in [1.165, 1.54) is 24.1 Å². The molecule has 5 unspecified atom stereocenters. The summed E-state index contributed by atoms with van der Waals surface area (Å²) in [7, 11) is 1.49. The highest BCUT2D eigenvalue weighted by Gasteiger charge is 2.53. The molecule has 0 spiro atoms. The van der Waals surface area contributed by atoms with Crippen LogP contribution in [-0.2, 0) is 49.3 Å². The van der Waals surface area contributed by atoms with Crippen molar-refractivity contribution in [1.82, 2.24) is 10.2 Å². The second-order valence-corrected chi connectivity index (χ2v) is 17.6. The number of unbranched alkanes of at least 4 members (excludes halogenated alkanes) is 4. The number of hydrogen-bond acceptors (Lipinski definition) is 11. The van der Waals surface area contributed by atoms with E-state index >= 15 is 0 Å². The molecule has 1 aliphatic carbocycles. The number of aliphatic hydroxyl groups excluding tert-OH is 1. The SMILES string of the molecule is CCCCCC1(CCCCC)OC2C=C(C(=O)N(C)C(Cc3ccccc3)C(=O)NC(CO)CCC(=O)OC(C)(C)C)CC(OC(=O)c3ccccc3C=CC(=O)OCC(F)(F)F)C2O1. The summed E-state index contributed by atoms with van der Waals surface area (Å²) >= 11 is 0. The van der Waals surface area contributed by atoms with Crippen molar-refractivity contribution in [3.05, 3.63) is 89.0 Å². The van der Waals surface area contributed by atoms with Crippen molar-refractivity contribution in [3.8, 4) is 0 Å². The summed E-state index contributed by atoms with van der Waals surface area (Å²) < 4.78 is 67.3. The van der Waals surface area contributed by atoms with Crippen molar-refractivity contribution < 1.29 is 65.9 Å². The van der Waals surface area contributed by atoms with Gasteiger partial charge >= 0.3 is 24.1 Å². The first-order valence-corrected chi connectivity index (χ1v) is 22.5. The topological polar surface area (TPSA) is 167 Å². The van der Waals surface area contributed by atoms with Crippen LogP contribution in [0.3, 0.4) is 0 Å². The number of alkyl halides is 3. The number of halogens is 3. The molecule has 0 aromatic heterocycles. The maximum Gasteiger partial charge on any atom is 0.422 e. The number of rotatable bonds is 23. The maximum absolute atomic E-state index is 14.7. The minimum Gasteiger partial charge on any atom is -0.460 e. The Kier molecular flexibility index (Phi) is 19.8. The van der Waals surface area contributed by atoms with E-state index < -0.39 is 90.9 Å². The standard InChI is InChI=1S/C49H65F3N2O11/c1-7-9-16-26-48(27-17-10-8-2)63-40-30-35(29-39(43(40)65-48)62-46(60)37-21-15-14-20-34(37)22-24-41(56)61-32-49(50,51)52)45(59)54(6)38(28-33-18-12-11-13-19-33)44(58)53-36(31-55)23-25-42(57)64-47(3,4)5/h11-15,18-22,24,30,36,38-40,43,55H,7-10,16-17,23,25-29,31-32H2,1-6H3,(H,53,58). The average Bonchev–Trinajstić information content (AvgIpc) is 3.63. The third-order valence-corrected chi connectivity index (χ3v) is 11.0. The normalized spacial score (nSPS) is 19.1. The van der Waals surface area contributed by atoms with Crippen molar-refractivity contribution >= 4 is 35.8 Å². The number of benzene rings is 2. The Bertz CT molecular complexity index is 1950. The number of amides is 2. The molecule has 0 bridgehead atoms. The zero-order valence-corrected chi connectivity index (χ0v) is 38.3. The molecule has 1 aliphatic heterocycles. The van der Waals surface area contributed by atoms with Crippen molar-refractivity contribution in [2.75, 3.05) is 20.3 Å². The number of nitrogens with zero attached hydrogens (tertiary/aromatic N) is 1. The van der Waals surface area contributed by atoms with Crippen LogP contribution in [0.1, 0.15) is 127 Å². The smallest absolute Gasteiger partial charge is 0.422 e. The quantitative estimate of drug-likeness (QED) is 0.0481. The van der Waals surface area contributed by atoms with Gasteiger partial charge in [-0.1, -0.05) is 88.1 Å². The second kappa shape index (κ2) is 24.5. The first-order valence-electron chi connectivity index (χ1n) is 22.5. The van der Waals surface area contributed by atoms with Crippen LogP contribution in [-0.4, -0.2) is 108 Å². The predicted molar refractivity (Wildman–Crippen MR) is 236 cm³/mol. The zero-order chi connectivity index (χ0) is 47.8. The first kappa shape index (κ1) is 52.6. The number of ether oxygens (including phenoxy) is 5. The zero-order valence-electron chi connectivity index (χ0n) is 38.3. The number of fused-ring (bicyclic) bond motifs is 1. The van der Waals surface area contributed by atoms with Crippen LogP contribution in [0.5, 0.6) is 0 Å². The van der Waals surface area contributed by atoms with Crippen LogP contribution >= 0.6 is 0 Å². The number of likely N-dealkylation sites (N-methyl/N-ethyl adjacent to an activating group) is 1. The van der Waals surface area contributed by atoms with Gasteiger partial charge in [0.25, 0.3) is 0 Å². The predicted octanol–water partition coefficient (Wildman–Crippen LogP) is 7.97. The highest BCUT2D eigenvalue weighted by atomic mass is 19.4. The molecule has 13 nitrogen and oxygen atoms in total. The van der Waals surface area contributed by atoms with Crippen LogP contribution in [0, 0.1) is 0 Å². The summed E-state index contributed by atoms with van der Waals surface area (Å²) in [5.41, 5.74) is 0.394. The van der Waals surface area contributed by atoms with E-state index in [1.807, 2.05) is 30.3 Å². The molecule has 0 radical (unpaired) electrons. The lowest BCUT2D eigenvalue weighted by atomic mass is 9.90. The summed E-state index contributed by atoms with van der Waals surface area (Å²) in [5.74, 6) is -4.74. The Balaban J connectivity index is 1.66. The van der Waals surface area contributed by atoms with Crippen molar-refractivity contribution in [2.45, 2.75) is 160 Å². The van der Waals surface area contributed by atoms with Gasteiger partial charge in [0.2, 0.25) is 11.8 Å². The van der Waals surface area contributed by atoms with Gasteiger partial charge in [0.05, 0.1) is 18.2 Å². The van der Waals surface area contributed by atoms with Crippen molar-refractivity contribution in [1.29, 1.82) is 0 Å². The van der Waals surface area contributed by atoms with E-state index in [-0.39, 0.29) is 42.4 Å². The van der Waals surface area contributed by atoms with Crippen LogP contribution < -0.4 is 5.32 Å². The molecule has 2 aromatic carbocycles. The lowest BCUT2D eigenvalue weighted by molar-refractivity contribution is -0.190. The second-order valence-electron chi connectivity index (χ2n) is 17.6. The Labute approximate surface area is 380 Å². The molecule has 4 rings (SSSR count). The Morgan fingerprint density at radius 2 is 1.58 bits per heavy atom. The van der Waals surface area contributed by atoms with Gasteiger partial charge in [-0.25, -0.2) is 9.59 Å². The molecule has 2 aliphatic rings. The van der Waals surface area contributed by atoms with Gasteiger partial charge in [-0.2, -0.15) is 13.2 Å². The van der Waals surface area contributed by atoms with Gasteiger partial charge in [-0.05, 0) is 69.4 Å². The number of hydrogen-bond donors (Lipinski definition) is 2. The number of carbonyl (C=O) groups excluding carboxylic acids is 5. The molecule has 5 atom stereocenters. The molecule has 2 amide bonds. The van der Waals surface area contributed by atoms with Gasteiger partial charge in [-0.15, -0.1) is 0 Å². The van der Waals surface area contributed by atoms with Crippen molar-refractivity contribution in [3.63, 3.8) is 0 Å². The number of aliphatic hydroxyl groups is 1. The molecule has 358 valence electrons. The third kappa shape index (κ3) is 16.7. The van der Waals surface area contributed by atoms with Crippen LogP contribution in [0.2, 0.25) is 0 Å². The van der Waals surface area contributed by atoms with E-state index in [1.54, 1.807) is 39.0 Å². The average molecular weight is 915 g/mol. The molecular formula is C49H65F3N2O11. The molecule has 2 aromatic rings. The van der Waals surface area contributed by atoms with Gasteiger partial charge in [0, 0.05) is 50.8 Å². The molecule has 2 N–H and O–H groups in total. The van der Waals surface area contributed by atoms with Gasteiger partial charge in [-0.3, -0.25) is 14.4 Å². The largest absolute Gasteiger partial charge is 0.460 e. The fourth-order valence-corrected chi connectivity index (χ4v) is 7.78. The number of esters is 3. The van der Waals surface area contributed by atoms with E-state index in [4.69, 9.17) is 18.9 Å². The molecule has 1 heterocycles. The monoisotopic (exact) mass is 914 g/mol. The Morgan fingerprint density at radius 3 is 2.20 bits per heavy atom. The lowest BCUT2D eigenvalue weighted by Crippen LogP contribution is -2.53. The van der Waals surface area contributed by atoms with Gasteiger partial charge < -0.3 is 39.0 Å². The molecule has 16 heteroatoms. The van der Waals surface area contributed by atoms with E-state index in [0.717, 1.165) is 56.2 Å². The first-order chi connectivity index (χ1) is 30.8. The Hall–Kier alpha value is -5.06. The molecule has 65 heavy (non-hydrogen) atoms. The van der Waals surface area contributed by atoms with Gasteiger partial charge in [0.15, 0.2) is 12.4 Å². The number of nitrogens with one attached hydrogen (secondary N) is 1. The highest BCUT2D eigenvalue weighted by Crippen LogP contribution is 2.43. The lowest BCUT2D eigenvalue weighted by Gasteiger charge is -2.34. The Morgan fingerprint density at radius 1 is 0.938 bits per heavy atom. The fourth-order valence-electron chi connectivity index (χ4n) is 7.78. The highest BCUT2D eigenvalue weighted by molar-refractivity contribution is 5.98. The van der Waals surface area contributed by atoms with E-state index in [9.17, 15) is 42.3 Å². The van der Waals surface area contributed by atoms with E-state index in [2.05, 4.69) is 23.9 Å². The van der Waals surface area contributed by atoms with Crippen LogP contribution in [0.4, 0.5) is 13.2 Å². The summed E-state index contributed by atoms with van der Waals surface area (Å²) in [6, 6.07) is 13.2.